The van der Waals surface area contributed by atoms with E-state index in [9.17, 15) is 9.59 Å². The number of Topliss-reactive ketones (excluding diaryl/α,β-unsaturated/α-hetero) is 1. The van der Waals surface area contributed by atoms with E-state index < -0.39 is 12.3 Å². The number of hydrogen-bond acceptors (Lipinski definition) is 5. The summed E-state index contributed by atoms with van der Waals surface area (Å²) in [7, 11) is 0. The van der Waals surface area contributed by atoms with E-state index in [2.05, 4.69) is 27.7 Å². The minimum atomic E-state index is -1.28. The highest BCUT2D eigenvalue weighted by Crippen LogP contribution is 2.39. The van der Waals surface area contributed by atoms with Crippen LogP contribution in [0.15, 0.2) is 30.3 Å². The molecular weight excluding hydrogens is 306 g/mol. The van der Waals surface area contributed by atoms with Gasteiger partial charge >= 0.3 is 5.97 Å². The SMILES string of the molecule is CC(=O)OC(ON1C(C)(C)CCCC1(C)C)C(=O)c1ccccc1. The molecule has 0 aliphatic carbocycles. The van der Waals surface area contributed by atoms with Crippen LogP contribution in [0.3, 0.4) is 0 Å². The van der Waals surface area contributed by atoms with E-state index in [0.29, 0.717) is 5.56 Å². The highest BCUT2D eigenvalue weighted by atomic mass is 16.8. The van der Waals surface area contributed by atoms with E-state index >= 15 is 0 Å². The predicted octanol–water partition coefficient (Wildman–Crippen LogP) is 3.73. The number of ether oxygens (including phenoxy) is 1. The van der Waals surface area contributed by atoms with Gasteiger partial charge in [-0.05, 0) is 47.0 Å². The summed E-state index contributed by atoms with van der Waals surface area (Å²) in [4.78, 5) is 30.2. The van der Waals surface area contributed by atoms with E-state index in [1.807, 2.05) is 11.1 Å². The monoisotopic (exact) mass is 333 g/mol. The summed E-state index contributed by atoms with van der Waals surface area (Å²) in [6.45, 7) is 9.58. The van der Waals surface area contributed by atoms with Gasteiger partial charge in [-0.15, -0.1) is 0 Å². The Bertz CT molecular complexity index is 579. The Morgan fingerprint density at radius 1 is 1.04 bits per heavy atom. The normalized spacial score (nSPS) is 21.0. The van der Waals surface area contributed by atoms with Gasteiger partial charge in [0.2, 0.25) is 5.78 Å². The van der Waals surface area contributed by atoms with Crippen molar-refractivity contribution in [1.82, 2.24) is 5.06 Å². The molecule has 0 N–H and O–H groups in total. The quantitative estimate of drug-likeness (QED) is 0.467. The maximum absolute atomic E-state index is 12.7. The number of carbonyl (C=O) groups excluding carboxylic acids is 2. The predicted molar refractivity (Wildman–Crippen MR) is 91.3 cm³/mol. The minimum Gasteiger partial charge on any atom is -0.426 e. The second-order valence-electron chi connectivity index (χ2n) is 7.55. The lowest BCUT2D eigenvalue weighted by atomic mass is 9.82. The molecule has 2 rings (SSSR count). The zero-order valence-corrected chi connectivity index (χ0v) is 15.2. The zero-order chi connectivity index (χ0) is 18.0. The van der Waals surface area contributed by atoms with Crippen molar-refractivity contribution in [3.63, 3.8) is 0 Å². The molecule has 24 heavy (non-hydrogen) atoms. The van der Waals surface area contributed by atoms with E-state index in [1.54, 1.807) is 24.3 Å². The fourth-order valence-corrected chi connectivity index (χ4v) is 3.37. The Labute approximate surface area is 143 Å². The lowest BCUT2D eigenvalue weighted by molar-refractivity contribution is -0.331. The number of carbonyl (C=O) groups is 2. The van der Waals surface area contributed by atoms with Crippen LogP contribution < -0.4 is 0 Å². The van der Waals surface area contributed by atoms with Crippen molar-refractivity contribution in [2.24, 2.45) is 0 Å². The van der Waals surface area contributed by atoms with Gasteiger partial charge in [0.1, 0.15) is 0 Å². The number of nitrogens with zero attached hydrogens (tertiary/aromatic N) is 1. The highest BCUT2D eigenvalue weighted by molar-refractivity contribution is 5.99. The van der Waals surface area contributed by atoms with Crippen LogP contribution >= 0.6 is 0 Å². The lowest BCUT2D eigenvalue weighted by Gasteiger charge is -2.51. The summed E-state index contributed by atoms with van der Waals surface area (Å²) < 4.78 is 5.20. The van der Waals surface area contributed by atoms with E-state index in [0.717, 1.165) is 19.3 Å². The highest BCUT2D eigenvalue weighted by Gasteiger charge is 2.45. The van der Waals surface area contributed by atoms with Crippen molar-refractivity contribution in [3.8, 4) is 0 Å². The van der Waals surface area contributed by atoms with Gasteiger partial charge in [-0.25, -0.2) is 4.84 Å². The summed E-state index contributed by atoms with van der Waals surface area (Å²) >= 11 is 0. The molecule has 0 amide bonds. The first kappa shape index (κ1) is 18.6. The molecule has 0 spiro atoms. The van der Waals surface area contributed by atoms with Gasteiger partial charge in [0.15, 0.2) is 0 Å². The zero-order valence-electron chi connectivity index (χ0n) is 15.2. The van der Waals surface area contributed by atoms with Crippen LogP contribution in [-0.4, -0.2) is 34.2 Å². The number of ketones is 1. The summed E-state index contributed by atoms with van der Waals surface area (Å²) in [5.41, 5.74) is -0.0507. The first-order valence-electron chi connectivity index (χ1n) is 8.37. The molecule has 0 radical (unpaired) electrons. The van der Waals surface area contributed by atoms with E-state index in [-0.39, 0.29) is 16.9 Å². The van der Waals surface area contributed by atoms with Crippen molar-refractivity contribution in [1.29, 1.82) is 0 Å². The molecule has 1 fully saturated rings. The Kier molecular flexibility index (Phi) is 5.45. The van der Waals surface area contributed by atoms with E-state index in [4.69, 9.17) is 9.57 Å². The first-order chi connectivity index (χ1) is 11.1. The van der Waals surface area contributed by atoms with Crippen LogP contribution in [-0.2, 0) is 14.4 Å². The molecule has 1 aliphatic rings. The van der Waals surface area contributed by atoms with Gasteiger partial charge in [0.25, 0.3) is 6.29 Å². The van der Waals surface area contributed by atoms with Gasteiger partial charge < -0.3 is 4.74 Å². The van der Waals surface area contributed by atoms with E-state index in [1.165, 1.54) is 6.92 Å². The van der Waals surface area contributed by atoms with Crippen molar-refractivity contribution < 1.29 is 19.2 Å². The van der Waals surface area contributed by atoms with Crippen LogP contribution in [0, 0.1) is 0 Å². The minimum absolute atomic E-state index is 0.253. The smallest absolute Gasteiger partial charge is 0.305 e. The van der Waals surface area contributed by atoms with Crippen LogP contribution in [0.4, 0.5) is 0 Å². The van der Waals surface area contributed by atoms with Crippen LogP contribution in [0.2, 0.25) is 0 Å². The molecule has 1 aromatic rings. The number of esters is 1. The average Bonchev–Trinajstić information content (AvgIpc) is 2.49. The van der Waals surface area contributed by atoms with Crippen molar-refractivity contribution >= 4 is 11.8 Å². The van der Waals surface area contributed by atoms with Crippen LogP contribution in [0.25, 0.3) is 0 Å². The van der Waals surface area contributed by atoms with Crippen molar-refractivity contribution in [2.75, 3.05) is 0 Å². The Morgan fingerprint density at radius 2 is 1.58 bits per heavy atom. The molecule has 0 aromatic heterocycles. The van der Waals surface area contributed by atoms with Gasteiger partial charge in [-0.1, -0.05) is 30.3 Å². The van der Waals surface area contributed by atoms with Gasteiger partial charge in [-0.3, -0.25) is 9.59 Å². The molecule has 5 nitrogen and oxygen atoms in total. The number of rotatable bonds is 5. The second-order valence-corrected chi connectivity index (χ2v) is 7.55. The summed E-state index contributed by atoms with van der Waals surface area (Å²) in [6.07, 6.45) is 1.71. The standard InChI is InChI=1S/C19H27NO4/c1-14(21)23-17(16(22)15-10-7-6-8-11-15)24-20-18(2,3)12-9-13-19(20,4)5/h6-8,10-11,17H,9,12-13H2,1-5H3. The third kappa shape index (κ3) is 4.22. The maximum Gasteiger partial charge on any atom is 0.305 e. The molecule has 0 bridgehead atoms. The number of benzene rings is 1. The maximum atomic E-state index is 12.7. The Hall–Kier alpha value is -1.72. The molecule has 1 saturated heterocycles. The van der Waals surface area contributed by atoms with Crippen molar-refractivity contribution in [3.05, 3.63) is 35.9 Å². The van der Waals surface area contributed by atoms with Crippen molar-refractivity contribution in [2.45, 2.75) is 71.2 Å². The Morgan fingerprint density at radius 3 is 2.08 bits per heavy atom. The molecule has 0 saturated carbocycles. The molecule has 132 valence electrons. The van der Waals surface area contributed by atoms with Crippen LogP contribution in [0.1, 0.15) is 64.2 Å². The fourth-order valence-electron chi connectivity index (χ4n) is 3.37. The molecule has 1 aliphatic heterocycles. The molecule has 5 heteroatoms. The molecule has 1 aromatic carbocycles. The van der Waals surface area contributed by atoms with Gasteiger partial charge in [0, 0.05) is 23.6 Å². The van der Waals surface area contributed by atoms with Gasteiger partial charge in [0.05, 0.1) is 0 Å². The largest absolute Gasteiger partial charge is 0.426 e. The first-order valence-corrected chi connectivity index (χ1v) is 8.37. The molecule has 1 atom stereocenters. The summed E-state index contributed by atoms with van der Waals surface area (Å²) in [5, 5.41) is 1.83. The average molecular weight is 333 g/mol. The number of hydrogen-bond donors (Lipinski definition) is 0. The van der Waals surface area contributed by atoms with Gasteiger partial charge in [-0.2, -0.15) is 5.06 Å². The molecule has 1 unspecified atom stereocenters. The lowest BCUT2D eigenvalue weighted by Crippen LogP contribution is -2.60. The Balaban J connectivity index is 2.28. The molecular formula is C19H27NO4. The topological polar surface area (TPSA) is 55.8 Å². The number of hydroxylamine groups is 2. The van der Waals surface area contributed by atoms with Crippen LogP contribution in [0.5, 0.6) is 0 Å². The molecule has 1 heterocycles. The fraction of sp³-hybridized carbons (Fsp3) is 0.579. The third-order valence-corrected chi connectivity index (χ3v) is 4.42. The summed E-state index contributed by atoms with van der Waals surface area (Å²) in [5.74, 6) is -0.903. The second kappa shape index (κ2) is 7.03. The number of piperidine rings is 1. The summed E-state index contributed by atoms with van der Waals surface area (Å²) in [6, 6.07) is 8.75. The third-order valence-electron chi connectivity index (χ3n) is 4.42.